The first kappa shape index (κ1) is 42.3. The molecule has 10 aromatic rings. The molecule has 0 aliphatic heterocycles. The van der Waals surface area contributed by atoms with E-state index in [0.29, 0.717) is 0 Å². The van der Waals surface area contributed by atoms with E-state index in [-0.39, 0.29) is 21.7 Å². The molecule has 0 nitrogen and oxygen atoms in total. The van der Waals surface area contributed by atoms with E-state index < -0.39 is 0 Å². The van der Waals surface area contributed by atoms with E-state index in [4.69, 9.17) is 0 Å². The van der Waals surface area contributed by atoms with Gasteiger partial charge >= 0.3 is 0 Å². The Hall–Kier alpha value is -7.54. The third-order valence-electron chi connectivity index (χ3n) is 17.9. The van der Waals surface area contributed by atoms with Crippen LogP contribution in [0.1, 0.15) is 105 Å². The van der Waals surface area contributed by atoms with Crippen LogP contribution in [-0.4, -0.2) is 0 Å². The first-order valence-corrected chi connectivity index (χ1v) is 25.7. The summed E-state index contributed by atoms with van der Waals surface area (Å²) in [6.45, 7) is 21.4. The molecule has 0 N–H and O–H groups in total. The van der Waals surface area contributed by atoms with Crippen LogP contribution in [-0.2, 0) is 21.7 Å². The number of aryl methyl sites for hydroxylation is 1. The fraction of sp³-hybridized carbons (Fsp3) is 0.183. The van der Waals surface area contributed by atoms with Crippen LogP contribution in [0.4, 0.5) is 0 Å². The highest BCUT2D eigenvalue weighted by molar-refractivity contribution is 5.93. The van der Waals surface area contributed by atoms with E-state index in [1.165, 1.54) is 150 Å². The number of benzene rings is 10. The van der Waals surface area contributed by atoms with Crippen molar-refractivity contribution < 1.29 is 0 Å². The Morgan fingerprint density at radius 2 is 0.451 bits per heavy atom. The van der Waals surface area contributed by atoms with Gasteiger partial charge in [-0.1, -0.05) is 200 Å². The van der Waals surface area contributed by atoms with Crippen LogP contribution in [0.15, 0.2) is 188 Å². The molecule has 0 radical (unpaired) electrons. The lowest BCUT2D eigenvalue weighted by molar-refractivity contribution is 0.659. The molecule has 0 amide bonds. The molecule has 0 atom stereocenters. The van der Waals surface area contributed by atoms with Crippen LogP contribution >= 0.6 is 0 Å². The second kappa shape index (κ2) is 14.3. The smallest absolute Gasteiger partial charge is 0.0159 e. The van der Waals surface area contributed by atoms with Crippen molar-refractivity contribution in [3.8, 4) is 89.0 Å². The zero-order valence-corrected chi connectivity index (χ0v) is 42.4. The molecule has 4 aliphatic rings. The van der Waals surface area contributed by atoms with Gasteiger partial charge in [-0.25, -0.2) is 0 Å². The maximum Gasteiger partial charge on any atom is 0.0159 e. The first-order chi connectivity index (χ1) is 34.1. The lowest BCUT2D eigenvalue weighted by Gasteiger charge is -2.24. The van der Waals surface area contributed by atoms with Gasteiger partial charge in [-0.2, -0.15) is 0 Å². The summed E-state index contributed by atoms with van der Waals surface area (Å²) in [6.07, 6.45) is 0. The average Bonchev–Trinajstić information content (AvgIpc) is 3.94. The molecular formula is C71H58. The molecular weight excluding hydrogens is 853 g/mol. The van der Waals surface area contributed by atoms with Crippen molar-refractivity contribution in [2.24, 2.45) is 0 Å². The van der Waals surface area contributed by atoms with Crippen LogP contribution in [0.5, 0.6) is 0 Å². The lowest BCUT2D eigenvalue weighted by atomic mass is 9.79. The molecule has 0 saturated carbocycles. The van der Waals surface area contributed by atoms with E-state index in [2.05, 4.69) is 250 Å². The highest BCUT2D eigenvalue weighted by Crippen LogP contribution is 2.56. The van der Waals surface area contributed by atoms with Crippen molar-refractivity contribution in [1.82, 2.24) is 0 Å². The summed E-state index contributed by atoms with van der Waals surface area (Å²) in [5, 5.41) is 2.58. The fourth-order valence-corrected chi connectivity index (χ4v) is 13.7. The molecule has 4 aliphatic carbocycles. The Morgan fingerprint density at radius 1 is 0.211 bits per heavy atom. The minimum atomic E-state index is -0.154. The molecule has 14 rings (SSSR count). The summed E-state index contributed by atoms with van der Waals surface area (Å²) in [4.78, 5) is 0. The van der Waals surface area contributed by atoms with E-state index >= 15 is 0 Å². The topological polar surface area (TPSA) is 0 Å². The van der Waals surface area contributed by atoms with Gasteiger partial charge in [-0.15, -0.1) is 0 Å². The Balaban J connectivity index is 0.749. The van der Waals surface area contributed by atoms with E-state index in [0.717, 1.165) is 0 Å². The molecule has 0 heteroatoms. The molecule has 0 unspecified atom stereocenters. The summed E-state index contributed by atoms with van der Waals surface area (Å²) in [5.41, 5.74) is 33.2. The zero-order valence-electron chi connectivity index (χ0n) is 42.4. The van der Waals surface area contributed by atoms with E-state index in [9.17, 15) is 0 Å². The second-order valence-corrected chi connectivity index (χ2v) is 23.4. The molecule has 0 heterocycles. The predicted octanol–water partition coefficient (Wildman–Crippen LogP) is 19.0. The van der Waals surface area contributed by atoms with Crippen LogP contribution in [0.2, 0.25) is 0 Å². The number of fused-ring (bicyclic) bond motifs is 13. The van der Waals surface area contributed by atoms with Crippen molar-refractivity contribution in [1.29, 1.82) is 0 Å². The molecule has 0 saturated heterocycles. The standard InChI is InChI=1S/C71H58/c1-41-14-15-43-33-44(17-16-42(43)32-41)45-18-26-54-55-28-21-48(37-63(55)69(4,5)62(54)34-45)49-22-30-58-59-31-24-51(40-67(59)71(8,9)66(58)38-49)50-23-29-57-56-27-20-47(36-64(56)70(6,7)65(57)39-50)46-19-25-53-52-12-10-11-13-60(52)68(2,3)61(53)35-46/h10-40H,1-9H3. The minimum Gasteiger partial charge on any atom is -0.0619 e. The zero-order chi connectivity index (χ0) is 48.5. The predicted molar refractivity (Wildman–Crippen MR) is 301 cm³/mol. The summed E-state index contributed by atoms with van der Waals surface area (Å²) in [5.74, 6) is 0. The first-order valence-electron chi connectivity index (χ1n) is 25.7. The molecule has 0 spiro atoms. The second-order valence-electron chi connectivity index (χ2n) is 23.4. The van der Waals surface area contributed by atoms with Crippen LogP contribution < -0.4 is 0 Å². The fourth-order valence-electron chi connectivity index (χ4n) is 13.7. The largest absolute Gasteiger partial charge is 0.0619 e. The van der Waals surface area contributed by atoms with Crippen LogP contribution in [0, 0.1) is 6.92 Å². The van der Waals surface area contributed by atoms with Crippen molar-refractivity contribution in [2.75, 3.05) is 0 Å². The highest BCUT2D eigenvalue weighted by Gasteiger charge is 2.40. The number of rotatable bonds is 4. The number of hydrogen-bond acceptors (Lipinski definition) is 0. The Morgan fingerprint density at radius 3 is 0.789 bits per heavy atom. The summed E-state index contributed by atoms with van der Waals surface area (Å²) in [7, 11) is 0. The third kappa shape index (κ3) is 5.92. The van der Waals surface area contributed by atoms with Crippen molar-refractivity contribution in [3.05, 3.63) is 238 Å². The number of hydrogen-bond donors (Lipinski definition) is 0. The third-order valence-corrected chi connectivity index (χ3v) is 17.9. The van der Waals surface area contributed by atoms with Crippen molar-refractivity contribution in [2.45, 2.75) is 84.0 Å². The summed E-state index contributed by atoms with van der Waals surface area (Å²) >= 11 is 0. The van der Waals surface area contributed by atoms with Gasteiger partial charge in [0.1, 0.15) is 0 Å². The average molecular weight is 911 g/mol. The Bertz CT molecular complexity index is 3990. The maximum absolute atomic E-state index is 2.49. The highest BCUT2D eigenvalue weighted by atomic mass is 14.4. The van der Waals surface area contributed by atoms with Crippen molar-refractivity contribution in [3.63, 3.8) is 0 Å². The quantitative estimate of drug-likeness (QED) is 0.165. The molecule has 0 bridgehead atoms. The van der Waals surface area contributed by atoms with Gasteiger partial charge in [-0.3, -0.25) is 0 Å². The van der Waals surface area contributed by atoms with Crippen molar-refractivity contribution >= 4 is 10.8 Å². The lowest BCUT2D eigenvalue weighted by Crippen LogP contribution is -2.16. The van der Waals surface area contributed by atoms with Crippen LogP contribution in [0.25, 0.3) is 99.8 Å². The van der Waals surface area contributed by atoms with Gasteiger partial charge in [0.25, 0.3) is 0 Å². The minimum absolute atomic E-state index is 0.0245. The van der Waals surface area contributed by atoms with Gasteiger partial charge in [0.15, 0.2) is 0 Å². The van der Waals surface area contributed by atoms with Gasteiger partial charge in [-0.05, 0) is 200 Å². The summed E-state index contributed by atoms with van der Waals surface area (Å²) in [6, 6.07) is 72.8. The maximum atomic E-state index is 2.49. The molecule has 0 aromatic heterocycles. The molecule has 0 fully saturated rings. The normalized spacial score (nSPS) is 16.1. The molecule has 71 heavy (non-hydrogen) atoms. The molecule has 10 aromatic carbocycles. The SMILES string of the molecule is Cc1ccc2cc(-c3ccc4c(c3)C(C)(C)c3cc(-c5ccc6c(c5)C(C)(C)c5cc(-c7ccc8c(c7)C(C)(C)c7cc(-c9ccc%10c(c9)C(C)(C)c9ccccc9-%10)ccc7-8)ccc5-6)ccc3-4)ccc2c1. The Kier molecular flexibility index (Phi) is 8.53. The van der Waals surface area contributed by atoms with Gasteiger partial charge in [0.05, 0.1) is 0 Å². The summed E-state index contributed by atoms with van der Waals surface area (Å²) < 4.78 is 0. The Labute approximate surface area is 419 Å². The molecule has 342 valence electrons. The van der Waals surface area contributed by atoms with Crippen LogP contribution in [0.3, 0.4) is 0 Å². The van der Waals surface area contributed by atoms with Gasteiger partial charge in [0.2, 0.25) is 0 Å². The monoisotopic (exact) mass is 910 g/mol. The van der Waals surface area contributed by atoms with Gasteiger partial charge in [0, 0.05) is 21.7 Å². The van der Waals surface area contributed by atoms with Gasteiger partial charge < -0.3 is 0 Å². The van der Waals surface area contributed by atoms with E-state index in [1.807, 2.05) is 0 Å². The van der Waals surface area contributed by atoms with E-state index in [1.54, 1.807) is 0 Å².